The van der Waals surface area contributed by atoms with Crippen LogP contribution in [0, 0.1) is 0 Å². The topological polar surface area (TPSA) is 73.9 Å². The van der Waals surface area contributed by atoms with E-state index in [0.29, 0.717) is 17.9 Å². The van der Waals surface area contributed by atoms with Gasteiger partial charge in [0.05, 0.1) is 12.1 Å². The Balaban J connectivity index is 2.03. The first-order chi connectivity index (χ1) is 8.26. The number of nitrogens with two attached hydrogens (primary N) is 1. The molecule has 1 unspecified atom stereocenters. The van der Waals surface area contributed by atoms with Crippen LogP contribution in [0.25, 0.3) is 0 Å². The molecule has 2 N–H and O–H groups in total. The third-order valence-electron chi connectivity index (χ3n) is 2.74. The van der Waals surface area contributed by atoms with Gasteiger partial charge in [0.25, 0.3) is 0 Å². The minimum atomic E-state index is -0.298. The van der Waals surface area contributed by atoms with Crippen LogP contribution in [0.4, 0.5) is 5.69 Å². The summed E-state index contributed by atoms with van der Waals surface area (Å²) >= 11 is 0. The van der Waals surface area contributed by atoms with Crippen LogP contribution >= 0.6 is 0 Å². The molecular weight excluding hydrogens is 220 g/mol. The Kier molecular flexibility index (Phi) is 2.19. The summed E-state index contributed by atoms with van der Waals surface area (Å²) in [6.07, 6.45) is 3.25. The van der Waals surface area contributed by atoms with Gasteiger partial charge in [-0.2, -0.15) is 5.90 Å². The van der Waals surface area contributed by atoms with Gasteiger partial charge in [-0.05, 0) is 24.3 Å². The summed E-state index contributed by atoms with van der Waals surface area (Å²) in [5.41, 5.74) is 1.49. The maximum absolute atomic E-state index is 11.3. The summed E-state index contributed by atoms with van der Waals surface area (Å²) in [6, 6.07) is 5.15. The lowest BCUT2D eigenvalue weighted by molar-refractivity contribution is -0.115. The van der Waals surface area contributed by atoms with Crippen LogP contribution in [0.15, 0.2) is 35.3 Å². The molecule has 1 heterocycles. The second kappa shape index (κ2) is 3.71. The third kappa shape index (κ3) is 1.70. The van der Waals surface area contributed by atoms with Crippen LogP contribution in [-0.4, -0.2) is 17.6 Å². The van der Waals surface area contributed by atoms with Gasteiger partial charge in [-0.3, -0.25) is 4.79 Å². The highest BCUT2D eigenvalue weighted by Crippen LogP contribution is 2.36. The smallest absolute Gasteiger partial charge is 0.159 e. The summed E-state index contributed by atoms with van der Waals surface area (Å²) in [6.45, 7) is 0. The number of carbonyl (C=O) groups excluding carboxylic acids is 1. The molecule has 1 aliphatic carbocycles. The Bertz CT molecular complexity index is 549. The zero-order chi connectivity index (χ0) is 11.8. The average Bonchev–Trinajstić information content (AvgIpc) is 2.35. The molecule has 1 atom stereocenters. The van der Waals surface area contributed by atoms with Crippen molar-refractivity contribution in [1.29, 1.82) is 0 Å². The highest BCUT2D eigenvalue weighted by atomic mass is 16.6. The normalized spacial score (nSPS) is 21.1. The van der Waals surface area contributed by atoms with Gasteiger partial charge in [0.15, 0.2) is 11.5 Å². The average molecular weight is 230 g/mol. The van der Waals surface area contributed by atoms with E-state index in [4.69, 9.17) is 10.6 Å². The first-order valence-corrected chi connectivity index (χ1v) is 5.23. The number of fused-ring (bicyclic) bond motifs is 2. The summed E-state index contributed by atoms with van der Waals surface area (Å²) in [4.78, 5) is 20.3. The number of nitrogens with zero attached hydrogens (tertiary/aromatic N) is 1. The molecule has 0 radical (unpaired) electrons. The number of allylic oxidation sites excluding steroid dienone is 1. The first-order valence-electron chi connectivity index (χ1n) is 5.23. The van der Waals surface area contributed by atoms with Crippen molar-refractivity contribution in [2.75, 3.05) is 0 Å². The lowest BCUT2D eigenvalue weighted by Gasteiger charge is -2.26. The molecule has 1 aromatic carbocycles. The molecule has 0 fully saturated rings. The predicted molar refractivity (Wildman–Crippen MR) is 61.5 cm³/mol. The van der Waals surface area contributed by atoms with Crippen LogP contribution in [-0.2, 0) is 4.79 Å². The Morgan fingerprint density at radius 3 is 3.12 bits per heavy atom. The van der Waals surface area contributed by atoms with Crippen LogP contribution in [0.3, 0.4) is 0 Å². The number of rotatable bonds is 1. The molecular formula is C12H10N2O3. The van der Waals surface area contributed by atoms with Crippen LogP contribution in [0.2, 0.25) is 0 Å². The third-order valence-corrected chi connectivity index (χ3v) is 2.74. The van der Waals surface area contributed by atoms with Crippen molar-refractivity contribution >= 4 is 17.2 Å². The lowest BCUT2D eigenvalue weighted by Crippen LogP contribution is -2.33. The maximum Gasteiger partial charge on any atom is 0.159 e. The Labute approximate surface area is 97.5 Å². The largest absolute Gasteiger partial charge is 0.481 e. The fourth-order valence-electron chi connectivity index (χ4n) is 1.90. The van der Waals surface area contributed by atoms with Crippen molar-refractivity contribution in [2.45, 2.75) is 12.5 Å². The number of hydrogen-bond donors (Lipinski definition) is 1. The molecule has 0 spiro atoms. The van der Waals surface area contributed by atoms with E-state index in [2.05, 4.69) is 9.83 Å². The van der Waals surface area contributed by atoms with E-state index in [9.17, 15) is 4.79 Å². The molecule has 0 saturated heterocycles. The summed E-state index contributed by atoms with van der Waals surface area (Å²) in [5.74, 6) is 6.21. The molecule has 0 amide bonds. The minimum absolute atomic E-state index is 0.0450. The summed E-state index contributed by atoms with van der Waals surface area (Å²) < 4.78 is 5.71. The summed E-state index contributed by atoms with van der Waals surface area (Å²) in [7, 11) is 0. The summed E-state index contributed by atoms with van der Waals surface area (Å²) in [5, 5.41) is 0. The van der Waals surface area contributed by atoms with E-state index in [0.717, 1.165) is 11.4 Å². The maximum atomic E-state index is 11.3. The Morgan fingerprint density at radius 1 is 1.41 bits per heavy atom. The van der Waals surface area contributed by atoms with Gasteiger partial charge < -0.3 is 9.57 Å². The molecule has 5 heteroatoms. The van der Waals surface area contributed by atoms with Crippen molar-refractivity contribution in [3.63, 3.8) is 0 Å². The monoisotopic (exact) mass is 230 g/mol. The van der Waals surface area contributed by atoms with E-state index in [1.165, 1.54) is 6.08 Å². The standard InChI is InChI=1S/C12H10N2O3/c13-17-8-2-4-10-12(6-8)16-11-5-7(15)1-3-9(11)14-10/h1-4,6,11H,5,13H2. The van der Waals surface area contributed by atoms with Gasteiger partial charge in [0.2, 0.25) is 0 Å². The molecule has 0 saturated carbocycles. The van der Waals surface area contributed by atoms with Crippen molar-refractivity contribution in [3.8, 4) is 11.5 Å². The van der Waals surface area contributed by atoms with Gasteiger partial charge in [-0.15, -0.1) is 0 Å². The van der Waals surface area contributed by atoms with E-state index >= 15 is 0 Å². The predicted octanol–water partition coefficient (Wildman–Crippen LogP) is 1.30. The highest BCUT2D eigenvalue weighted by Gasteiger charge is 2.27. The zero-order valence-electron chi connectivity index (χ0n) is 8.92. The number of hydrogen-bond acceptors (Lipinski definition) is 5. The van der Waals surface area contributed by atoms with Crippen molar-refractivity contribution in [1.82, 2.24) is 0 Å². The van der Waals surface area contributed by atoms with E-state index in [-0.39, 0.29) is 11.9 Å². The van der Waals surface area contributed by atoms with Crippen molar-refractivity contribution < 1.29 is 14.4 Å². The van der Waals surface area contributed by atoms with E-state index in [1.807, 2.05) is 0 Å². The van der Waals surface area contributed by atoms with Gasteiger partial charge in [0, 0.05) is 6.07 Å². The fraction of sp³-hybridized carbons (Fsp3) is 0.167. The van der Waals surface area contributed by atoms with Gasteiger partial charge in [-0.1, -0.05) is 0 Å². The molecule has 1 aliphatic heterocycles. The fourth-order valence-corrected chi connectivity index (χ4v) is 1.90. The van der Waals surface area contributed by atoms with Crippen LogP contribution in [0.5, 0.6) is 11.5 Å². The molecule has 5 nitrogen and oxygen atoms in total. The van der Waals surface area contributed by atoms with Crippen molar-refractivity contribution in [2.24, 2.45) is 10.9 Å². The van der Waals surface area contributed by atoms with E-state index in [1.54, 1.807) is 24.3 Å². The van der Waals surface area contributed by atoms with Crippen LogP contribution < -0.4 is 15.5 Å². The lowest BCUT2D eigenvalue weighted by atomic mass is 10.00. The first kappa shape index (κ1) is 10.0. The molecule has 1 aromatic rings. The number of ketones is 1. The molecule has 0 bridgehead atoms. The number of carbonyl (C=O) groups is 1. The Morgan fingerprint density at radius 2 is 2.29 bits per heavy atom. The van der Waals surface area contributed by atoms with Gasteiger partial charge >= 0.3 is 0 Å². The quantitative estimate of drug-likeness (QED) is 0.738. The number of ether oxygens (including phenoxy) is 1. The minimum Gasteiger partial charge on any atom is -0.481 e. The molecule has 17 heavy (non-hydrogen) atoms. The second-order valence-corrected chi connectivity index (χ2v) is 3.89. The molecule has 0 aromatic heterocycles. The number of benzene rings is 1. The SMILES string of the molecule is NOc1ccc2c(c1)OC1CC(=O)C=CC1=N2. The molecule has 3 rings (SSSR count). The zero-order valence-corrected chi connectivity index (χ0v) is 8.92. The van der Waals surface area contributed by atoms with E-state index < -0.39 is 0 Å². The molecule has 2 aliphatic rings. The van der Waals surface area contributed by atoms with Crippen LogP contribution in [0.1, 0.15) is 6.42 Å². The number of aliphatic imine (C=N–C) groups is 1. The molecule has 86 valence electrons. The Hall–Kier alpha value is -2.14. The highest BCUT2D eigenvalue weighted by molar-refractivity contribution is 6.11. The van der Waals surface area contributed by atoms with Crippen molar-refractivity contribution in [3.05, 3.63) is 30.4 Å². The second-order valence-electron chi connectivity index (χ2n) is 3.89. The van der Waals surface area contributed by atoms with Gasteiger partial charge in [-0.25, -0.2) is 4.99 Å². The van der Waals surface area contributed by atoms with Gasteiger partial charge in [0.1, 0.15) is 17.5 Å².